The fourth-order valence-corrected chi connectivity index (χ4v) is 3.30. The number of hydrogen-bond donors (Lipinski definition) is 2. The van der Waals surface area contributed by atoms with Crippen LogP contribution in [0, 0.1) is 6.92 Å². The van der Waals surface area contributed by atoms with Crippen molar-refractivity contribution in [3.05, 3.63) is 29.3 Å². The van der Waals surface area contributed by atoms with E-state index >= 15 is 0 Å². The lowest BCUT2D eigenvalue weighted by atomic mass is 9.89. The van der Waals surface area contributed by atoms with Crippen LogP contribution in [0.1, 0.15) is 63.1 Å². The van der Waals surface area contributed by atoms with Crippen molar-refractivity contribution in [1.29, 1.82) is 0 Å². The Morgan fingerprint density at radius 3 is 2.92 bits per heavy atom. The highest BCUT2D eigenvalue weighted by molar-refractivity contribution is 5.94. The van der Waals surface area contributed by atoms with Gasteiger partial charge in [0.25, 0.3) is 0 Å². The van der Waals surface area contributed by atoms with Crippen LogP contribution in [0.15, 0.2) is 23.3 Å². The Balaban J connectivity index is 1.64. The van der Waals surface area contributed by atoms with E-state index in [-0.39, 0.29) is 23.5 Å². The van der Waals surface area contributed by atoms with Crippen LogP contribution in [0.25, 0.3) is 0 Å². The maximum atomic E-state index is 12.4. The number of carbonyl (C=O) groups is 2. The molecule has 134 valence electrons. The number of hydrogen-bond acceptors (Lipinski definition) is 4. The van der Waals surface area contributed by atoms with E-state index in [1.165, 1.54) is 0 Å². The highest BCUT2D eigenvalue weighted by Crippen LogP contribution is 2.39. The van der Waals surface area contributed by atoms with E-state index in [1.54, 1.807) is 0 Å². The number of carbonyl (C=O) groups excluding carboxylic acids is 2. The van der Waals surface area contributed by atoms with E-state index < -0.39 is 0 Å². The van der Waals surface area contributed by atoms with Crippen LogP contribution in [0.3, 0.4) is 0 Å². The van der Waals surface area contributed by atoms with Crippen molar-refractivity contribution < 1.29 is 14.3 Å². The minimum absolute atomic E-state index is 0.00572. The summed E-state index contributed by atoms with van der Waals surface area (Å²) in [6, 6.07) is 6.04. The van der Waals surface area contributed by atoms with E-state index in [2.05, 4.69) is 15.8 Å². The maximum Gasteiger partial charge on any atom is 0.240 e. The number of nitrogens with one attached hydrogen (secondary N) is 2. The first-order valence-electron chi connectivity index (χ1n) is 8.76. The third-order valence-electron chi connectivity index (χ3n) is 4.58. The summed E-state index contributed by atoms with van der Waals surface area (Å²) in [6.45, 7) is 6.11. The number of hydrazone groups is 1. The minimum Gasteiger partial charge on any atom is -0.487 e. The number of amides is 2. The van der Waals surface area contributed by atoms with Crippen molar-refractivity contribution >= 4 is 17.5 Å². The SMILES string of the molecule is Cc1ccc2c(c1)OC(C)(C)CC2NC(=O)CCC1=NNC(=O)CC1. The first-order chi connectivity index (χ1) is 11.8. The molecule has 1 atom stereocenters. The van der Waals surface area contributed by atoms with Gasteiger partial charge in [-0.1, -0.05) is 12.1 Å². The van der Waals surface area contributed by atoms with Crippen LogP contribution in [0.2, 0.25) is 0 Å². The van der Waals surface area contributed by atoms with Crippen LogP contribution in [-0.4, -0.2) is 23.1 Å². The molecule has 25 heavy (non-hydrogen) atoms. The smallest absolute Gasteiger partial charge is 0.240 e. The maximum absolute atomic E-state index is 12.4. The predicted octanol–water partition coefficient (Wildman–Crippen LogP) is 2.76. The number of aryl methyl sites for hydroxylation is 1. The summed E-state index contributed by atoms with van der Waals surface area (Å²) < 4.78 is 6.07. The molecule has 1 aromatic rings. The highest BCUT2D eigenvalue weighted by Gasteiger charge is 2.34. The Morgan fingerprint density at radius 2 is 2.20 bits per heavy atom. The molecule has 0 fully saturated rings. The lowest BCUT2D eigenvalue weighted by molar-refractivity contribution is -0.122. The standard InChI is InChI=1S/C19H25N3O3/c1-12-4-7-14-15(11-19(2,3)25-16(14)10-12)20-17(23)8-5-13-6-9-18(24)22-21-13/h4,7,10,15H,5-6,8-9,11H2,1-3H3,(H,20,23)(H,22,24). The van der Waals surface area contributed by atoms with Gasteiger partial charge in [-0.25, -0.2) is 5.43 Å². The van der Waals surface area contributed by atoms with Crippen molar-refractivity contribution in [2.45, 2.75) is 64.5 Å². The van der Waals surface area contributed by atoms with E-state index in [4.69, 9.17) is 4.74 Å². The molecule has 6 nitrogen and oxygen atoms in total. The molecule has 1 aromatic carbocycles. The zero-order chi connectivity index (χ0) is 18.0. The molecule has 0 bridgehead atoms. The quantitative estimate of drug-likeness (QED) is 0.882. The van der Waals surface area contributed by atoms with Gasteiger partial charge in [0.1, 0.15) is 11.4 Å². The van der Waals surface area contributed by atoms with E-state index in [0.717, 1.165) is 29.0 Å². The average Bonchev–Trinajstić information content (AvgIpc) is 2.52. The first-order valence-corrected chi connectivity index (χ1v) is 8.76. The summed E-state index contributed by atoms with van der Waals surface area (Å²) in [7, 11) is 0. The zero-order valence-electron chi connectivity index (χ0n) is 15.0. The van der Waals surface area contributed by atoms with Gasteiger partial charge >= 0.3 is 0 Å². The summed E-state index contributed by atoms with van der Waals surface area (Å²) in [5, 5.41) is 7.15. The molecule has 6 heteroatoms. The molecule has 0 spiro atoms. The average molecular weight is 343 g/mol. The molecular formula is C19H25N3O3. The highest BCUT2D eigenvalue weighted by atomic mass is 16.5. The summed E-state index contributed by atoms with van der Waals surface area (Å²) in [5.74, 6) is 0.777. The second-order valence-electron chi connectivity index (χ2n) is 7.44. The van der Waals surface area contributed by atoms with Gasteiger partial charge in [0.2, 0.25) is 11.8 Å². The first kappa shape index (κ1) is 17.5. The van der Waals surface area contributed by atoms with Crippen molar-refractivity contribution in [2.75, 3.05) is 0 Å². The lowest BCUT2D eigenvalue weighted by Gasteiger charge is -2.38. The normalized spacial score (nSPS) is 21.5. The van der Waals surface area contributed by atoms with E-state index in [0.29, 0.717) is 25.7 Å². The predicted molar refractivity (Wildman–Crippen MR) is 95.4 cm³/mol. The van der Waals surface area contributed by atoms with Gasteiger partial charge in [0.15, 0.2) is 0 Å². The van der Waals surface area contributed by atoms with Crippen LogP contribution >= 0.6 is 0 Å². The minimum atomic E-state index is -0.323. The van der Waals surface area contributed by atoms with Crippen LogP contribution in [0.5, 0.6) is 5.75 Å². The van der Waals surface area contributed by atoms with Gasteiger partial charge in [0.05, 0.1) is 6.04 Å². The molecule has 2 aliphatic rings. The lowest BCUT2D eigenvalue weighted by Crippen LogP contribution is -2.41. The van der Waals surface area contributed by atoms with E-state index in [1.807, 2.05) is 39.0 Å². The van der Waals surface area contributed by atoms with Gasteiger partial charge < -0.3 is 10.1 Å². The monoisotopic (exact) mass is 343 g/mol. The molecule has 0 saturated carbocycles. The van der Waals surface area contributed by atoms with Crippen molar-refractivity contribution in [3.8, 4) is 5.75 Å². The summed E-state index contributed by atoms with van der Waals surface area (Å²) in [5.41, 5.74) is 5.18. The van der Waals surface area contributed by atoms with E-state index in [9.17, 15) is 9.59 Å². The number of benzene rings is 1. The van der Waals surface area contributed by atoms with Crippen LogP contribution < -0.4 is 15.5 Å². The Bertz CT molecular complexity index is 725. The number of fused-ring (bicyclic) bond motifs is 1. The van der Waals surface area contributed by atoms with Gasteiger partial charge in [-0.2, -0.15) is 5.10 Å². The van der Waals surface area contributed by atoms with Crippen molar-refractivity contribution in [2.24, 2.45) is 5.10 Å². The Labute approximate surface area is 148 Å². The van der Waals surface area contributed by atoms with Gasteiger partial charge in [0, 0.05) is 30.5 Å². The Kier molecular flexibility index (Phi) is 4.79. The third-order valence-corrected chi connectivity index (χ3v) is 4.58. The number of rotatable bonds is 4. The molecule has 2 heterocycles. The number of nitrogens with zero attached hydrogens (tertiary/aromatic N) is 1. The number of ether oxygens (including phenoxy) is 1. The molecule has 1 unspecified atom stereocenters. The van der Waals surface area contributed by atoms with Gasteiger partial charge in [-0.15, -0.1) is 0 Å². The molecular weight excluding hydrogens is 318 g/mol. The van der Waals surface area contributed by atoms with Gasteiger partial charge in [-0.05, 0) is 45.2 Å². The third kappa shape index (κ3) is 4.38. The molecule has 0 aromatic heterocycles. The van der Waals surface area contributed by atoms with Crippen LogP contribution in [0.4, 0.5) is 0 Å². The van der Waals surface area contributed by atoms with Crippen molar-refractivity contribution in [3.63, 3.8) is 0 Å². The zero-order valence-corrected chi connectivity index (χ0v) is 15.0. The molecule has 2 amide bonds. The molecule has 2 aliphatic heterocycles. The van der Waals surface area contributed by atoms with Crippen LogP contribution in [-0.2, 0) is 9.59 Å². The second kappa shape index (κ2) is 6.86. The fraction of sp³-hybridized carbons (Fsp3) is 0.526. The Morgan fingerprint density at radius 1 is 1.40 bits per heavy atom. The second-order valence-corrected chi connectivity index (χ2v) is 7.44. The van der Waals surface area contributed by atoms with Crippen molar-refractivity contribution in [1.82, 2.24) is 10.7 Å². The topological polar surface area (TPSA) is 79.8 Å². The fourth-order valence-electron chi connectivity index (χ4n) is 3.30. The largest absolute Gasteiger partial charge is 0.487 e. The Hall–Kier alpha value is -2.37. The molecule has 2 N–H and O–H groups in total. The summed E-state index contributed by atoms with van der Waals surface area (Å²) in [6.07, 6.45) is 2.74. The molecule has 0 saturated heterocycles. The van der Waals surface area contributed by atoms with Gasteiger partial charge in [-0.3, -0.25) is 9.59 Å². The summed E-state index contributed by atoms with van der Waals surface area (Å²) >= 11 is 0. The summed E-state index contributed by atoms with van der Waals surface area (Å²) in [4.78, 5) is 23.5. The molecule has 0 aliphatic carbocycles. The molecule has 0 radical (unpaired) electrons. The molecule has 3 rings (SSSR count).